The molecule has 0 saturated carbocycles. The van der Waals surface area contributed by atoms with Gasteiger partial charge in [0.2, 0.25) is 11.9 Å². The summed E-state index contributed by atoms with van der Waals surface area (Å²) in [5, 5.41) is 10.5. The number of thiophene rings is 1. The number of hydrogen-bond acceptors (Lipinski definition) is 13. The van der Waals surface area contributed by atoms with Gasteiger partial charge in [0, 0.05) is 61.3 Å². The Balaban J connectivity index is 1.22. The molecule has 232 valence electrons. The fraction of sp³-hybridized carbons (Fsp3) is 0.567. The summed E-state index contributed by atoms with van der Waals surface area (Å²) < 4.78 is 20.8. The van der Waals surface area contributed by atoms with E-state index in [4.69, 9.17) is 31.2 Å². The molecule has 4 aliphatic rings. The molecule has 0 amide bonds. The molecule has 7 rings (SSSR count). The Hall–Kier alpha value is -3.80. The molecule has 44 heavy (non-hydrogen) atoms. The zero-order valence-electron chi connectivity index (χ0n) is 25.3. The van der Waals surface area contributed by atoms with Crippen molar-refractivity contribution in [2.24, 2.45) is 0 Å². The summed E-state index contributed by atoms with van der Waals surface area (Å²) in [5.41, 5.74) is 14.3. The number of nitrogens with two attached hydrogens (primary N) is 2. The van der Waals surface area contributed by atoms with Gasteiger partial charge < -0.3 is 26.0 Å². The number of nitriles is 1. The topological polar surface area (TPSA) is 150 Å². The molecule has 0 bridgehead atoms. The van der Waals surface area contributed by atoms with Gasteiger partial charge in [0.15, 0.2) is 0 Å². The molecule has 12 nitrogen and oxygen atoms in total. The fourth-order valence-electron chi connectivity index (χ4n) is 7.75. The summed E-state index contributed by atoms with van der Waals surface area (Å²) in [4.78, 5) is 28.6. The summed E-state index contributed by atoms with van der Waals surface area (Å²) in [6.07, 6.45) is 3.21. The van der Waals surface area contributed by atoms with Crippen LogP contribution in [0.4, 0.5) is 27.1 Å². The molecule has 7 heterocycles. The van der Waals surface area contributed by atoms with Crippen molar-refractivity contribution in [3.05, 3.63) is 39.9 Å². The molecule has 3 saturated heterocycles. The molecule has 14 heteroatoms. The minimum absolute atomic E-state index is 0.166. The largest absolute Gasteiger partial charge is 0.461 e. The number of nitrogen functional groups attached to an aromatic ring is 2. The number of alkyl halides is 1. The van der Waals surface area contributed by atoms with Crippen LogP contribution < -0.4 is 26.0 Å². The predicted molar refractivity (Wildman–Crippen MR) is 167 cm³/mol. The SMILES string of the molecule is CCN(c1nc(OC[C@@]23CCCN2C[C@H](F)C3)nc(N2CC3(C2)c2c(sc(N)c2C#N)CN3C)n1)[C@H](C)c1cccnc1N. The van der Waals surface area contributed by atoms with Crippen molar-refractivity contribution in [1.29, 1.82) is 5.26 Å². The molecule has 0 radical (unpaired) electrons. The maximum Gasteiger partial charge on any atom is 0.323 e. The number of pyridine rings is 1. The van der Waals surface area contributed by atoms with Crippen LogP contribution in [0, 0.1) is 11.3 Å². The molecule has 0 unspecified atom stereocenters. The highest BCUT2D eigenvalue weighted by atomic mass is 32.1. The predicted octanol–water partition coefficient (Wildman–Crippen LogP) is 3.07. The van der Waals surface area contributed by atoms with Crippen LogP contribution in [-0.2, 0) is 12.1 Å². The van der Waals surface area contributed by atoms with Gasteiger partial charge in [-0.2, -0.15) is 20.2 Å². The smallest absolute Gasteiger partial charge is 0.323 e. The van der Waals surface area contributed by atoms with Crippen LogP contribution in [-0.4, -0.2) is 87.8 Å². The lowest BCUT2D eigenvalue weighted by molar-refractivity contribution is 0.0969. The average molecular weight is 620 g/mol. The van der Waals surface area contributed by atoms with Crippen LogP contribution in [0.5, 0.6) is 6.01 Å². The number of likely N-dealkylation sites (N-methyl/N-ethyl adjacent to an activating group) is 1. The van der Waals surface area contributed by atoms with E-state index in [1.807, 2.05) is 26.0 Å². The molecule has 4 N–H and O–H groups in total. The third kappa shape index (κ3) is 4.43. The number of anilines is 4. The van der Waals surface area contributed by atoms with E-state index in [-0.39, 0.29) is 23.1 Å². The molecule has 4 aliphatic heterocycles. The van der Waals surface area contributed by atoms with Crippen molar-refractivity contribution in [1.82, 2.24) is 29.7 Å². The van der Waals surface area contributed by atoms with Crippen molar-refractivity contribution in [3.8, 4) is 12.1 Å². The maximum absolute atomic E-state index is 14.5. The van der Waals surface area contributed by atoms with Gasteiger partial charge in [0.25, 0.3) is 0 Å². The van der Waals surface area contributed by atoms with Crippen LogP contribution in [0.15, 0.2) is 18.3 Å². The van der Waals surface area contributed by atoms with Gasteiger partial charge in [-0.25, -0.2) is 9.37 Å². The van der Waals surface area contributed by atoms with E-state index < -0.39 is 6.17 Å². The molecular formula is C30H38FN11OS. The monoisotopic (exact) mass is 619 g/mol. The van der Waals surface area contributed by atoms with Crippen LogP contribution >= 0.6 is 11.3 Å². The normalized spacial score (nSPS) is 24.6. The standard InChI is InChI=1S/C30H38FN11OS/c1-4-42(18(2)20-7-5-9-35-24(20)33)27-36-26(37-28(38-27)43-17-29-8-6-10-41(29)13-19(31)11-29)40-15-30(16-40)23-21(12-32)25(34)44-22(23)14-39(30)3/h5,7,9,18-19H,4,6,8,10-11,13-17,34H2,1-3H3,(H2,33,35)/t18-,19-,29+/m1/s1. The molecule has 0 aliphatic carbocycles. The van der Waals surface area contributed by atoms with E-state index in [1.54, 1.807) is 6.20 Å². The Bertz CT molecular complexity index is 1620. The number of nitrogens with zero attached hydrogens (tertiary/aromatic N) is 9. The molecule has 3 aromatic rings. The first kappa shape index (κ1) is 28.9. The van der Waals surface area contributed by atoms with Crippen molar-refractivity contribution in [2.45, 2.75) is 62.9 Å². The second kappa shape index (κ2) is 10.7. The first-order chi connectivity index (χ1) is 21.2. The van der Waals surface area contributed by atoms with Gasteiger partial charge in [-0.15, -0.1) is 11.3 Å². The van der Waals surface area contributed by atoms with Gasteiger partial charge in [0.1, 0.15) is 29.7 Å². The summed E-state index contributed by atoms with van der Waals surface area (Å²) in [6.45, 7) is 8.30. The van der Waals surface area contributed by atoms with E-state index in [0.29, 0.717) is 67.5 Å². The van der Waals surface area contributed by atoms with Crippen LogP contribution in [0.2, 0.25) is 0 Å². The maximum atomic E-state index is 14.5. The highest BCUT2D eigenvalue weighted by Crippen LogP contribution is 2.51. The second-order valence-electron chi connectivity index (χ2n) is 12.5. The number of rotatable bonds is 8. The number of hydrogen-bond donors (Lipinski definition) is 2. The van der Waals surface area contributed by atoms with Gasteiger partial charge >= 0.3 is 6.01 Å². The van der Waals surface area contributed by atoms with Crippen LogP contribution in [0.3, 0.4) is 0 Å². The summed E-state index contributed by atoms with van der Waals surface area (Å²) in [7, 11) is 2.08. The number of ether oxygens (including phenoxy) is 1. The van der Waals surface area contributed by atoms with E-state index in [2.05, 4.69) is 37.7 Å². The minimum atomic E-state index is -0.847. The molecule has 3 fully saturated rings. The lowest BCUT2D eigenvalue weighted by Gasteiger charge is -2.52. The third-order valence-corrected chi connectivity index (χ3v) is 11.1. The van der Waals surface area contributed by atoms with Crippen molar-refractivity contribution in [3.63, 3.8) is 0 Å². The Morgan fingerprint density at radius 2 is 2.11 bits per heavy atom. The first-order valence-electron chi connectivity index (χ1n) is 15.2. The van der Waals surface area contributed by atoms with Crippen LogP contribution in [0.1, 0.15) is 60.7 Å². The third-order valence-electron chi connectivity index (χ3n) is 10.1. The molecule has 3 aromatic heterocycles. The average Bonchev–Trinajstić information content (AvgIpc) is 3.67. The molecule has 1 spiro atoms. The van der Waals surface area contributed by atoms with E-state index in [9.17, 15) is 9.65 Å². The van der Waals surface area contributed by atoms with E-state index in [0.717, 1.165) is 41.9 Å². The zero-order valence-corrected chi connectivity index (χ0v) is 26.1. The van der Waals surface area contributed by atoms with Crippen molar-refractivity contribution >= 4 is 34.1 Å². The Kier molecular flexibility index (Phi) is 7.02. The molecule has 3 atom stereocenters. The first-order valence-corrected chi connectivity index (χ1v) is 16.0. The lowest BCUT2D eigenvalue weighted by Crippen LogP contribution is -2.65. The fourth-order valence-corrected chi connectivity index (χ4v) is 8.92. The van der Waals surface area contributed by atoms with Crippen LogP contribution in [0.25, 0.3) is 0 Å². The van der Waals surface area contributed by atoms with Gasteiger partial charge in [-0.05, 0) is 46.3 Å². The van der Waals surface area contributed by atoms with E-state index >= 15 is 0 Å². The Labute approximate surface area is 260 Å². The highest BCUT2D eigenvalue weighted by Gasteiger charge is 2.56. The lowest BCUT2D eigenvalue weighted by atomic mass is 9.82. The van der Waals surface area contributed by atoms with Crippen molar-refractivity contribution < 1.29 is 9.13 Å². The Morgan fingerprint density at radius 1 is 1.30 bits per heavy atom. The quantitative estimate of drug-likeness (QED) is 0.382. The minimum Gasteiger partial charge on any atom is -0.461 e. The Morgan fingerprint density at radius 3 is 2.86 bits per heavy atom. The van der Waals surface area contributed by atoms with Gasteiger partial charge in [0.05, 0.1) is 22.7 Å². The van der Waals surface area contributed by atoms with E-state index in [1.165, 1.54) is 11.3 Å². The van der Waals surface area contributed by atoms with Crippen molar-refractivity contribution in [2.75, 3.05) is 67.6 Å². The summed E-state index contributed by atoms with van der Waals surface area (Å²) in [6, 6.07) is 6.22. The zero-order chi connectivity index (χ0) is 30.8. The van der Waals surface area contributed by atoms with Gasteiger partial charge in [-0.3, -0.25) is 9.80 Å². The number of aromatic nitrogens is 4. The van der Waals surface area contributed by atoms with Gasteiger partial charge in [-0.1, -0.05) is 6.07 Å². The second-order valence-corrected chi connectivity index (χ2v) is 13.7. The number of fused-ring (bicyclic) bond motifs is 3. The molecular weight excluding hydrogens is 581 g/mol. The number of halogens is 1. The summed E-state index contributed by atoms with van der Waals surface area (Å²) >= 11 is 1.50. The highest BCUT2D eigenvalue weighted by molar-refractivity contribution is 7.16. The summed E-state index contributed by atoms with van der Waals surface area (Å²) in [5.74, 6) is 1.43. The molecule has 0 aromatic carbocycles.